The zero-order valence-corrected chi connectivity index (χ0v) is 15.3. The molecule has 0 aliphatic rings. The lowest BCUT2D eigenvalue weighted by Gasteiger charge is -2.24. The molecular formula is C19H28N4O. The Labute approximate surface area is 145 Å². The third kappa shape index (κ3) is 5.05. The number of aromatic nitrogens is 1. The molecule has 1 N–H and O–H groups in total. The molecule has 5 nitrogen and oxygen atoms in total. The molecule has 0 saturated heterocycles. The molecule has 0 radical (unpaired) electrons. The second-order valence-corrected chi connectivity index (χ2v) is 6.14. The molecule has 24 heavy (non-hydrogen) atoms. The van der Waals surface area contributed by atoms with Gasteiger partial charge in [-0.05, 0) is 38.1 Å². The summed E-state index contributed by atoms with van der Waals surface area (Å²) in [4.78, 5) is 6.46. The van der Waals surface area contributed by atoms with E-state index in [0.29, 0.717) is 6.54 Å². The van der Waals surface area contributed by atoms with Gasteiger partial charge in [0.25, 0.3) is 0 Å². The van der Waals surface area contributed by atoms with Crippen LogP contribution in [-0.4, -0.2) is 42.2 Å². The molecule has 0 fully saturated rings. The van der Waals surface area contributed by atoms with E-state index in [1.54, 1.807) is 7.05 Å². The van der Waals surface area contributed by atoms with Crippen molar-refractivity contribution in [2.75, 3.05) is 20.6 Å². The Morgan fingerprint density at radius 1 is 1.29 bits per heavy atom. The average Bonchev–Trinajstić information content (AvgIpc) is 2.95. The number of nitrogens with one attached hydrogen (secondary N) is 1. The van der Waals surface area contributed by atoms with Gasteiger partial charge in [-0.3, -0.25) is 4.99 Å². The molecule has 1 aromatic carbocycles. The Morgan fingerprint density at radius 3 is 2.58 bits per heavy atom. The predicted octanol–water partition coefficient (Wildman–Crippen LogP) is 2.81. The third-order valence-electron chi connectivity index (χ3n) is 3.93. The quantitative estimate of drug-likeness (QED) is 0.655. The second kappa shape index (κ2) is 8.43. The van der Waals surface area contributed by atoms with Crippen LogP contribution in [0.4, 0.5) is 0 Å². The number of rotatable bonds is 6. The van der Waals surface area contributed by atoms with Crippen molar-refractivity contribution in [3.05, 3.63) is 53.9 Å². The summed E-state index contributed by atoms with van der Waals surface area (Å²) in [7, 11) is 5.89. The molecule has 0 saturated carbocycles. The molecular weight excluding hydrogens is 300 g/mol. The van der Waals surface area contributed by atoms with Gasteiger partial charge >= 0.3 is 0 Å². The SMILES string of the molecule is CN=C(NCC(C)Oc1ccc(C)cc1)N(C)Cc1cccn1C. The molecule has 130 valence electrons. The number of ether oxygens (including phenoxy) is 1. The summed E-state index contributed by atoms with van der Waals surface area (Å²) in [5, 5.41) is 3.37. The fraction of sp³-hybridized carbons (Fsp3) is 0.421. The van der Waals surface area contributed by atoms with Gasteiger partial charge in [-0.2, -0.15) is 0 Å². The highest BCUT2D eigenvalue weighted by Crippen LogP contribution is 2.13. The van der Waals surface area contributed by atoms with Crippen LogP contribution in [0.1, 0.15) is 18.2 Å². The van der Waals surface area contributed by atoms with E-state index in [1.807, 2.05) is 19.2 Å². The lowest BCUT2D eigenvalue weighted by Crippen LogP contribution is -2.42. The fourth-order valence-corrected chi connectivity index (χ4v) is 2.49. The monoisotopic (exact) mass is 328 g/mol. The Bertz CT molecular complexity index is 660. The first-order valence-electron chi connectivity index (χ1n) is 8.25. The van der Waals surface area contributed by atoms with E-state index in [1.165, 1.54) is 11.3 Å². The average molecular weight is 328 g/mol. The molecule has 0 aliphatic carbocycles. The highest BCUT2D eigenvalue weighted by Gasteiger charge is 2.10. The van der Waals surface area contributed by atoms with E-state index < -0.39 is 0 Å². The van der Waals surface area contributed by atoms with Gasteiger partial charge in [-0.1, -0.05) is 17.7 Å². The van der Waals surface area contributed by atoms with Crippen LogP contribution in [0.25, 0.3) is 0 Å². The predicted molar refractivity (Wildman–Crippen MR) is 99.5 cm³/mol. The molecule has 5 heteroatoms. The zero-order chi connectivity index (χ0) is 17.5. The van der Waals surface area contributed by atoms with Crippen LogP contribution in [-0.2, 0) is 13.6 Å². The van der Waals surface area contributed by atoms with Gasteiger partial charge in [0, 0.05) is 33.0 Å². The van der Waals surface area contributed by atoms with Crippen LogP contribution >= 0.6 is 0 Å². The van der Waals surface area contributed by atoms with E-state index in [4.69, 9.17) is 4.74 Å². The number of aliphatic imine (C=N–C) groups is 1. The van der Waals surface area contributed by atoms with Gasteiger partial charge in [0.2, 0.25) is 0 Å². The number of nitrogens with zero attached hydrogens (tertiary/aromatic N) is 3. The summed E-state index contributed by atoms with van der Waals surface area (Å²) in [6, 6.07) is 12.3. The largest absolute Gasteiger partial charge is 0.489 e. The van der Waals surface area contributed by atoms with Gasteiger partial charge < -0.3 is 19.5 Å². The first-order valence-corrected chi connectivity index (χ1v) is 8.25. The molecule has 0 bridgehead atoms. The van der Waals surface area contributed by atoms with Crippen molar-refractivity contribution >= 4 is 5.96 Å². The first-order chi connectivity index (χ1) is 11.5. The van der Waals surface area contributed by atoms with Crippen molar-refractivity contribution in [1.82, 2.24) is 14.8 Å². The summed E-state index contributed by atoms with van der Waals surface area (Å²) >= 11 is 0. The van der Waals surface area contributed by atoms with Crippen LogP contribution in [0, 0.1) is 6.92 Å². The highest BCUT2D eigenvalue weighted by atomic mass is 16.5. The fourth-order valence-electron chi connectivity index (χ4n) is 2.49. The smallest absolute Gasteiger partial charge is 0.193 e. The minimum absolute atomic E-state index is 0.0490. The summed E-state index contributed by atoms with van der Waals surface area (Å²) < 4.78 is 8.05. The Morgan fingerprint density at radius 2 is 2.00 bits per heavy atom. The lowest BCUT2D eigenvalue weighted by molar-refractivity contribution is 0.222. The van der Waals surface area contributed by atoms with Gasteiger partial charge in [0.05, 0.1) is 13.1 Å². The second-order valence-electron chi connectivity index (χ2n) is 6.14. The molecule has 1 aromatic heterocycles. The van der Waals surface area contributed by atoms with E-state index >= 15 is 0 Å². The Kier molecular flexibility index (Phi) is 6.29. The third-order valence-corrected chi connectivity index (χ3v) is 3.93. The van der Waals surface area contributed by atoms with Crippen LogP contribution in [0.3, 0.4) is 0 Å². The zero-order valence-electron chi connectivity index (χ0n) is 15.3. The van der Waals surface area contributed by atoms with Crippen LogP contribution in [0.5, 0.6) is 5.75 Å². The Balaban J connectivity index is 1.84. The summed E-state index contributed by atoms with van der Waals surface area (Å²) in [6.07, 6.45) is 2.10. The van der Waals surface area contributed by atoms with Crippen LogP contribution < -0.4 is 10.1 Å². The number of hydrogen-bond donors (Lipinski definition) is 1. The summed E-state index contributed by atoms with van der Waals surface area (Å²) in [6.45, 7) is 5.62. The molecule has 0 amide bonds. The van der Waals surface area contributed by atoms with Gasteiger partial charge in [0.15, 0.2) is 5.96 Å². The maximum absolute atomic E-state index is 5.93. The Hall–Kier alpha value is -2.43. The first kappa shape index (κ1) is 17.9. The molecule has 1 atom stereocenters. The van der Waals surface area contributed by atoms with E-state index in [2.05, 4.69) is 71.1 Å². The number of aryl methyl sites for hydroxylation is 2. The number of hydrogen-bond acceptors (Lipinski definition) is 2. The number of guanidine groups is 1. The number of benzene rings is 1. The minimum Gasteiger partial charge on any atom is -0.489 e. The molecule has 2 rings (SSSR count). The molecule has 2 aromatic rings. The van der Waals surface area contributed by atoms with Crippen molar-refractivity contribution in [1.29, 1.82) is 0 Å². The molecule has 1 unspecified atom stereocenters. The van der Waals surface area contributed by atoms with E-state index in [0.717, 1.165) is 18.3 Å². The van der Waals surface area contributed by atoms with Crippen LogP contribution in [0.2, 0.25) is 0 Å². The van der Waals surface area contributed by atoms with Gasteiger partial charge in [0.1, 0.15) is 11.9 Å². The van der Waals surface area contributed by atoms with Gasteiger partial charge in [-0.15, -0.1) is 0 Å². The maximum atomic E-state index is 5.93. The topological polar surface area (TPSA) is 41.8 Å². The molecule has 0 aliphatic heterocycles. The minimum atomic E-state index is 0.0490. The van der Waals surface area contributed by atoms with Crippen molar-refractivity contribution in [2.24, 2.45) is 12.0 Å². The van der Waals surface area contributed by atoms with Crippen molar-refractivity contribution in [2.45, 2.75) is 26.5 Å². The van der Waals surface area contributed by atoms with E-state index in [-0.39, 0.29) is 6.10 Å². The normalized spacial score (nSPS) is 12.8. The van der Waals surface area contributed by atoms with Crippen molar-refractivity contribution in [3.8, 4) is 5.75 Å². The maximum Gasteiger partial charge on any atom is 0.193 e. The van der Waals surface area contributed by atoms with Gasteiger partial charge in [-0.25, -0.2) is 0 Å². The standard InChI is InChI=1S/C19H28N4O/c1-15-8-10-18(11-9-15)24-16(2)13-21-19(20-3)23(5)14-17-7-6-12-22(17)4/h6-12,16H,13-14H2,1-5H3,(H,20,21). The molecule has 0 spiro atoms. The van der Waals surface area contributed by atoms with Crippen LogP contribution in [0.15, 0.2) is 47.6 Å². The molecule has 1 heterocycles. The summed E-state index contributed by atoms with van der Waals surface area (Å²) in [5.41, 5.74) is 2.47. The van der Waals surface area contributed by atoms with E-state index in [9.17, 15) is 0 Å². The van der Waals surface area contributed by atoms with Crippen molar-refractivity contribution < 1.29 is 4.74 Å². The lowest BCUT2D eigenvalue weighted by atomic mass is 10.2. The van der Waals surface area contributed by atoms with Crippen molar-refractivity contribution in [3.63, 3.8) is 0 Å². The highest BCUT2D eigenvalue weighted by molar-refractivity contribution is 5.79. The summed E-state index contributed by atoms with van der Waals surface area (Å²) in [5.74, 6) is 1.75.